The largest absolute Gasteiger partial charge is 0.473 e. The van der Waals surface area contributed by atoms with Crippen molar-refractivity contribution in [2.45, 2.75) is 31.7 Å². The number of fused-ring (bicyclic) bond motifs is 2. The third kappa shape index (κ3) is 5.64. The molecule has 1 atom stereocenters. The van der Waals surface area contributed by atoms with Gasteiger partial charge in [0.2, 0.25) is 0 Å². The summed E-state index contributed by atoms with van der Waals surface area (Å²) in [4.78, 5) is 47.5. The minimum absolute atomic E-state index is 0.0615. The van der Waals surface area contributed by atoms with Gasteiger partial charge in [0.15, 0.2) is 0 Å². The van der Waals surface area contributed by atoms with E-state index in [1.54, 1.807) is 24.3 Å². The number of hydrogen-bond donors (Lipinski definition) is 4. The van der Waals surface area contributed by atoms with Crippen LogP contribution in [-0.4, -0.2) is 56.4 Å². The van der Waals surface area contributed by atoms with Crippen LogP contribution in [0.1, 0.15) is 45.5 Å². The Kier molecular flexibility index (Phi) is 7.57. The van der Waals surface area contributed by atoms with E-state index in [0.717, 1.165) is 31.2 Å². The summed E-state index contributed by atoms with van der Waals surface area (Å²) in [5.41, 5.74) is 9.70. The van der Waals surface area contributed by atoms with Crippen LogP contribution >= 0.6 is 0 Å². The Hall–Kier alpha value is -3.98. The van der Waals surface area contributed by atoms with Crippen LogP contribution in [0, 0.1) is 0 Å². The van der Waals surface area contributed by atoms with E-state index in [2.05, 4.69) is 17.1 Å². The van der Waals surface area contributed by atoms with Crippen LogP contribution < -0.4 is 5.73 Å². The van der Waals surface area contributed by atoms with Crippen LogP contribution in [0.3, 0.4) is 0 Å². The molecule has 3 aromatic rings. The van der Waals surface area contributed by atoms with Crippen molar-refractivity contribution in [2.24, 2.45) is 5.73 Å². The van der Waals surface area contributed by atoms with E-state index < -0.39 is 11.9 Å². The third-order valence-electron chi connectivity index (χ3n) is 5.42. The number of amides is 2. The smallest absolute Gasteiger partial charge is 0.414 e. The molecule has 4 rings (SSSR count). The highest BCUT2D eigenvalue weighted by atomic mass is 16.4. The molecule has 1 aromatic heterocycles. The van der Waals surface area contributed by atoms with E-state index in [9.17, 15) is 9.59 Å². The molecule has 0 fully saturated rings. The highest BCUT2D eigenvalue weighted by molar-refractivity contribution is 6.27. The van der Waals surface area contributed by atoms with Gasteiger partial charge in [0.1, 0.15) is 0 Å². The summed E-state index contributed by atoms with van der Waals surface area (Å²) < 4.78 is 0. The van der Waals surface area contributed by atoms with Gasteiger partial charge < -0.3 is 20.9 Å². The molecular formula is C24H25N3O6. The number of aliphatic carboxylic acids is 2. The van der Waals surface area contributed by atoms with Gasteiger partial charge in [-0.25, -0.2) is 9.59 Å². The fourth-order valence-electron chi connectivity index (χ4n) is 3.80. The van der Waals surface area contributed by atoms with Gasteiger partial charge >= 0.3 is 11.9 Å². The van der Waals surface area contributed by atoms with Gasteiger partial charge in [-0.05, 0) is 43.0 Å². The molecule has 0 saturated heterocycles. The maximum Gasteiger partial charge on any atom is 0.414 e. The number of unbranched alkanes of at least 4 members (excludes halogenated alkanes) is 1. The van der Waals surface area contributed by atoms with Crippen molar-refractivity contribution in [2.75, 3.05) is 6.54 Å². The highest BCUT2D eigenvalue weighted by Gasteiger charge is 2.34. The molecular weight excluding hydrogens is 426 g/mol. The maximum absolute atomic E-state index is 12.3. The van der Waals surface area contributed by atoms with Crippen LogP contribution in [0.15, 0.2) is 54.7 Å². The number of nitrogens with one attached hydrogen (secondary N) is 1. The number of hydrogen-bond acceptors (Lipinski definition) is 5. The molecule has 1 aliphatic heterocycles. The number of benzene rings is 2. The average molecular weight is 451 g/mol. The quantitative estimate of drug-likeness (QED) is 0.245. The molecule has 0 aliphatic carbocycles. The van der Waals surface area contributed by atoms with Crippen molar-refractivity contribution in [3.8, 4) is 0 Å². The van der Waals surface area contributed by atoms with Crippen LogP contribution in [-0.2, 0) is 16.0 Å². The maximum atomic E-state index is 12.3. The second-order valence-corrected chi connectivity index (χ2v) is 7.74. The Balaban J connectivity index is 0.000000454. The van der Waals surface area contributed by atoms with Gasteiger partial charge in [-0.2, -0.15) is 0 Å². The molecule has 33 heavy (non-hydrogen) atoms. The summed E-state index contributed by atoms with van der Waals surface area (Å²) in [7, 11) is 0. The third-order valence-corrected chi connectivity index (χ3v) is 5.42. The zero-order valence-electron chi connectivity index (χ0n) is 17.9. The average Bonchev–Trinajstić information content (AvgIpc) is 3.31. The number of aromatic nitrogens is 1. The highest BCUT2D eigenvalue weighted by Crippen LogP contribution is 2.23. The summed E-state index contributed by atoms with van der Waals surface area (Å²) in [5.74, 6) is -4.01. The first-order valence-corrected chi connectivity index (χ1v) is 10.5. The fourth-order valence-corrected chi connectivity index (χ4v) is 3.80. The first-order chi connectivity index (χ1) is 15.8. The molecule has 1 aliphatic rings. The van der Waals surface area contributed by atoms with Gasteiger partial charge in [0.05, 0.1) is 11.1 Å². The summed E-state index contributed by atoms with van der Waals surface area (Å²) in [6.07, 6.45) is 5.37. The van der Waals surface area contributed by atoms with Crippen LogP contribution in [0.25, 0.3) is 10.9 Å². The van der Waals surface area contributed by atoms with Crippen molar-refractivity contribution < 1.29 is 29.4 Å². The number of rotatable bonds is 7. The predicted octanol–water partition coefficient (Wildman–Crippen LogP) is 2.66. The van der Waals surface area contributed by atoms with Gasteiger partial charge in [-0.1, -0.05) is 36.8 Å². The first kappa shape index (κ1) is 23.7. The van der Waals surface area contributed by atoms with E-state index in [0.29, 0.717) is 17.7 Å². The van der Waals surface area contributed by atoms with Crippen molar-refractivity contribution in [1.29, 1.82) is 0 Å². The standard InChI is InChI=1S/C22H23N3O2.C2H2O4/c23-16(13-15-14-24-20-11-4-3-8-17(15)20)7-5-6-12-25-21(26)18-9-1-2-10-19(18)22(25)27;3-1(4)2(5)6/h1-4,8-11,14,16,24H,5-7,12-13,23H2;(H,3,4)(H,5,6). The van der Waals surface area contributed by atoms with Crippen LogP contribution in [0.4, 0.5) is 0 Å². The number of nitrogens with two attached hydrogens (primary N) is 1. The molecule has 0 bridgehead atoms. The Labute approximate surface area is 189 Å². The van der Waals surface area contributed by atoms with E-state index >= 15 is 0 Å². The summed E-state index contributed by atoms with van der Waals surface area (Å²) in [5, 5.41) is 16.0. The van der Waals surface area contributed by atoms with E-state index in [-0.39, 0.29) is 17.9 Å². The number of carbonyl (C=O) groups is 4. The van der Waals surface area contributed by atoms with Crippen molar-refractivity contribution in [3.63, 3.8) is 0 Å². The normalized spacial score (nSPS) is 13.4. The first-order valence-electron chi connectivity index (χ1n) is 10.5. The van der Waals surface area contributed by atoms with Crippen molar-refractivity contribution in [3.05, 3.63) is 71.4 Å². The Morgan fingerprint density at radius 3 is 2.09 bits per heavy atom. The predicted molar refractivity (Wildman–Crippen MR) is 121 cm³/mol. The number of para-hydroxylation sites is 1. The van der Waals surface area contributed by atoms with Crippen molar-refractivity contribution in [1.82, 2.24) is 9.88 Å². The van der Waals surface area contributed by atoms with Gasteiger partial charge in [-0.15, -0.1) is 0 Å². The second kappa shape index (κ2) is 10.6. The summed E-state index contributed by atoms with van der Waals surface area (Å²) in [6.45, 7) is 0.451. The fraction of sp³-hybridized carbons (Fsp3) is 0.250. The molecule has 9 heteroatoms. The van der Waals surface area contributed by atoms with Gasteiger partial charge in [0, 0.05) is 29.7 Å². The molecule has 0 spiro atoms. The Morgan fingerprint density at radius 1 is 0.909 bits per heavy atom. The molecule has 0 radical (unpaired) electrons. The minimum Gasteiger partial charge on any atom is -0.473 e. The minimum atomic E-state index is -1.82. The molecule has 9 nitrogen and oxygen atoms in total. The number of H-pyrrole nitrogens is 1. The number of aromatic amines is 1. The number of carbonyl (C=O) groups excluding carboxylic acids is 2. The lowest BCUT2D eigenvalue weighted by Gasteiger charge is -2.15. The lowest BCUT2D eigenvalue weighted by molar-refractivity contribution is -0.159. The van der Waals surface area contributed by atoms with Crippen LogP contribution in [0.2, 0.25) is 0 Å². The topological polar surface area (TPSA) is 154 Å². The summed E-state index contributed by atoms with van der Waals surface area (Å²) >= 11 is 0. The molecule has 172 valence electrons. The van der Waals surface area contributed by atoms with E-state index in [4.69, 9.17) is 25.5 Å². The molecule has 2 heterocycles. The molecule has 2 amide bonds. The van der Waals surface area contributed by atoms with Crippen LogP contribution in [0.5, 0.6) is 0 Å². The molecule has 2 aromatic carbocycles. The number of carboxylic acids is 2. The lowest BCUT2D eigenvalue weighted by atomic mass is 10.0. The lowest BCUT2D eigenvalue weighted by Crippen LogP contribution is -2.31. The van der Waals surface area contributed by atoms with Gasteiger partial charge in [-0.3, -0.25) is 14.5 Å². The number of carboxylic acid groups (broad SMARTS) is 2. The molecule has 5 N–H and O–H groups in total. The Bertz CT molecular complexity index is 1140. The van der Waals surface area contributed by atoms with Gasteiger partial charge in [0.25, 0.3) is 11.8 Å². The molecule has 1 unspecified atom stereocenters. The number of nitrogens with zero attached hydrogens (tertiary/aromatic N) is 1. The second-order valence-electron chi connectivity index (χ2n) is 7.74. The summed E-state index contributed by atoms with van der Waals surface area (Å²) in [6, 6.07) is 15.3. The zero-order chi connectivity index (χ0) is 24.0. The SMILES string of the molecule is NC(CCCCN1C(=O)c2ccccc2C1=O)Cc1c[nH]c2ccccc12.O=C(O)C(=O)O. The van der Waals surface area contributed by atoms with E-state index in [1.165, 1.54) is 15.8 Å². The van der Waals surface area contributed by atoms with Crippen molar-refractivity contribution >= 4 is 34.7 Å². The number of imide groups is 1. The van der Waals surface area contributed by atoms with E-state index in [1.807, 2.05) is 18.3 Å². The monoisotopic (exact) mass is 451 g/mol. The zero-order valence-corrected chi connectivity index (χ0v) is 17.9. The Morgan fingerprint density at radius 2 is 1.48 bits per heavy atom. The molecule has 0 saturated carbocycles.